The molecule has 1 amide bonds. The first-order chi connectivity index (χ1) is 14.2. The second-order valence-electron chi connectivity index (χ2n) is 7.61. The molecule has 7 heteroatoms. The smallest absolute Gasteiger partial charge is 0.264 e. The number of sulfonamides is 1. The molecule has 6 nitrogen and oxygen atoms in total. The molecule has 0 radical (unpaired) electrons. The van der Waals surface area contributed by atoms with E-state index in [0.717, 1.165) is 23.1 Å². The zero-order chi connectivity index (χ0) is 21.9. The highest BCUT2D eigenvalue weighted by molar-refractivity contribution is 8.00. The van der Waals surface area contributed by atoms with Gasteiger partial charge in [0.1, 0.15) is 17.3 Å². The molecule has 3 rings (SSSR count). The quantitative estimate of drug-likeness (QED) is 0.746. The lowest BCUT2D eigenvalue weighted by molar-refractivity contribution is -0.119. The number of amidine groups is 1. The Morgan fingerprint density at radius 1 is 1.00 bits per heavy atom. The van der Waals surface area contributed by atoms with Crippen LogP contribution in [0.4, 0.5) is 0 Å². The summed E-state index contributed by atoms with van der Waals surface area (Å²) in [5.41, 5.74) is 5.59. The Kier molecular flexibility index (Phi) is 6.41. The number of nitrogens with one attached hydrogen (secondary N) is 2. The van der Waals surface area contributed by atoms with Crippen LogP contribution in [0.3, 0.4) is 0 Å². The molecule has 2 aromatic carbocycles. The third-order valence-corrected chi connectivity index (χ3v) is 6.74. The normalized spacial score (nSPS) is 16.6. The Morgan fingerprint density at radius 2 is 1.70 bits per heavy atom. The fraction of sp³-hybridized carbons (Fsp3) is 0.304. The van der Waals surface area contributed by atoms with Crippen LogP contribution >= 0.6 is 0 Å². The largest absolute Gasteiger partial charge is 0.354 e. The van der Waals surface area contributed by atoms with Gasteiger partial charge in [0.2, 0.25) is 5.91 Å². The van der Waals surface area contributed by atoms with Gasteiger partial charge >= 0.3 is 0 Å². The van der Waals surface area contributed by atoms with E-state index >= 15 is 0 Å². The summed E-state index contributed by atoms with van der Waals surface area (Å²) in [5.74, 6) is -0.0295. The topological polar surface area (TPSA) is 87.6 Å². The van der Waals surface area contributed by atoms with E-state index in [4.69, 9.17) is 0 Å². The lowest BCUT2D eigenvalue weighted by Gasteiger charge is -2.06. The van der Waals surface area contributed by atoms with E-state index in [1.807, 2.05) is 57.2 Å². The van der Waals surface area contributed by atoms with Gasteiger partial charge in [-0.15, -0.1) is 0 Å². The number of rotatable bonds is 6. The Hall–Kier alpha value is -2.93. The molecule has 0 atom stereocenters. The maximum Gasteiger partial charge on any atom is 0.264 e. The molecule has 1 aliphatic heterocycles. The lowest BCUT2D eigenvalue weighted by atomic mass is 10.0. The fourth-order valence-corrected chi connectivity index (χ4v) is 4.79. The van der Waals surface area contributed by atoms with Crippen molar-refractivity contribution in [3.05, 3.63) is 75.9 Å². The van der Waals surface area contributed by atoms with Gasteiger partial charge in [0.15, 0.2) is 0 Å². The van der Waals surface area contributed by atoms with Crippen LogP contribution in [-0.4, -0.2) is 33.3 Å². The molecule has 0 saturated heterocycles. The standard InChI is InChI=1S/C23H27N3O3S/c1-15-5-8-19(9-6-15)11-12-24-21(27)14-25-23-18(4)22(30(28,29)26-23)20-10-7-16(2)17(3)13-20/h5-10,13H,11-12,14H2,1-4H3,(H,24,27)(H,25,26). The van der Waals surface area contributed by atoms with Crippen LogP contribution in [0.1, 0.15) is 34.7 Å². The first kappa shape index (κ1) is 21.8. The average molecular weight is 426 g/mol. The molecule has 1 heterocycles. The van der Waals surface area contributed by atoms with Gasteiger partial charge < -0.3 is 5.32 Å². The van der Waals surface area contributed by atoms with E-state index in [1.54, 1.807) is 13.0 Å². The number of nitrogens with zero attached hydrogens (tertiary/aromatic N) is 1. The Labute approximate surface area is 178 Å². The van der Waals surface area contributed by atoms with Gasteiger partial charge in [-0.1, -0.05) is 48.0 Å². The van der Waals surface area contributed by atoms with Crippen molar-refractivity contribution in [1.82, 2.24) is 10.0 Å². The van der Waals surface area contributed by atoms with Crippen LogP contribution in [0, 0.1) is 20.8 Å². The Bertz CT molecular complexity index is 1130. The number of carbonyl (C=O) groups excluding carboxylic acids is 1. The highest BCUT2D eigenvalue weighted by Crippen LogP contribution is 2.30. The first-order valence-electron chi connectivity index (χ1n) is 9.86. The maximum atomic E-state index is 12.6. The van der Waals surface area contributed by atoms with Gasteiger partial charge in [0, 0.05) is 12.1 Å². The number of amides is 1. The van der Waals surface area contributed by atoms with Crippen molar-refractivity contribution < 1.29 is 13.2 Å². The molecule has 2 N–H and O–H groups in total. The molecular formula is C23H27N3O3S. The third kappa shape index (κ3) is 4.97. The van der Waals surface area contributed by atoms with E-state index in [-0.39, 0.29) is 23.2 Å². The van der Waals surface area contributed by atoms with Gasteiger partial charge in [-0.25, -0.2) is 8.42 Å². The monoisotopic (exact) mass is 425 g/mol. The minimum atomic E-state index is -3.71. The highest BCUT2D eigenvalue weighted by atomic mass is 32.2. The summed E-state index contributed by atoms with van der Waals surface area (Å²) in [6, 6.07) is 13.7. The van der Waals surface area contributed by atoms with Crippen molar-refractivity contribution in [3.8, 4) is 0 Å². The van der Waals surface area contributed by atoms with Crippen molar-refractivity contribution in [3.63, 3.8) is 0 Å². The van der Waals surface area contributed by atoms with Crippen molar-refractivity contribution in [2.24, 2.45) is 4.99 Å². The second kappa shape index (κ2) is 8.83. The number of aliphatic imine (C=N–C) groups is 1. The lowest BCUT2D eigenvalue weighted by Crippen LogP contribution is -2.30. The van der Waals surface area contributed by atoms with E-state index in [1.165, 1.54) is 5.56 Å². The van der Waals surface area contributed by atoms with Crippen molar-refractivity contribution >= 4 is 26.7 Å². The molecule has 0 saturated carbocycles. The van der Waals surface area contributed by atoms with Crippen LogP contribution in [0.5, 0.6) is 0 Å². The maximum absolute atomic E-state index is 12.6. The van der Waals surface area contributed by atoms with Crippen molar-refractivity contribution in [1.29, 1.82) is 0 Å². The van der Waals surface area contributed by atoms with Crippen LogP contribution in [0.15, 0.2) is 53.0 Å². The van der Waals surface area contributed by atoms with Gasteiger partial charge in [-0.3, -0.25) is 14.5 Å². The zero-order valence-corrected chi connectivity index (χ0v) is 18.6. The van der Waals surface area contributed by atoms with E-state index in [0.29, 0.717) is 17.7 Å². The van der Waals surface area contributed by atoms with Crippen LogP contribution in [-0.2, 0) is 21.2 Å². The third-order valence-electron chi connectivity index (χ3n) is 5.20. The predicted octanol–water partition coefficient (Wildman–Crippen LogP) is 3.03. The molecule has 2 aromatic rings. The van der Waals surface area contributed by atoms with Gasteiger partial charge in [0.05, 0.1) is 0 Å². The number of hydrogen-bond acceptors (Lipinski definition) is 4. The van der Waals surface area contributed by atoms with E-state index in [9.17, 15) is 13.2 Å². The number of hydrogen-bond donors (Lipinski definition) is 2. The molecule has 0 aromatic heterocycles. The number of benzene rings is 2. The van der Waals surface area contributed by atoms with E-state index in [2.05, 4.69) is 15.0 Å². The molecule has 0 unspecified atom stereocenters. The van der Waals surface area contributed by atoms with Crippen molar-refractivity contribution in [2.45, 2.75) is 34.1 Å². The summed E-state index contributed by atoms with van der Waals surface area (Å²) < 4.78 is 27.7. The summed E-state index contributed by atoms with van der Waals surface area (Å²) in [6.45, 7) is 8.02. The summed E-state index contributed by atoms with van der Waals surface area (Å²) in [4.78, 5) is 16.6. The predicted molar refractivity (Wildman–Crippen MR) is 121 cm³/mol. The summed E-state index contributed by atoms with van der Waals surface area (Å²) in [5, 5.41) is 2.82. The second-order valence-corrected chi connectivity index (χ2v) is 9.23. The summed E-state index contributed by atoms with van der Waals surface area (Å²) in [7, 11) is -3.71. The molecule has 0 spiro atoms. The minimum Gasteiger partial charge on any atom is -0.354 e. The molecule has 0 aliphatic carbocycles. The van der Waals surface area contributed by atoms with Crippen LogP contribution in [0.25, 0.3) is 4.91 Å². The van der Waals surface area contributed by atoms with Crippen molar-refractivity contribution in [2.75, 3.05) is 13.1 Å². The van der Waals surface area contributed by atoms with Gasteiger partial charge in [0.25, 0.3) is 10.0 Å². The van der Waals surface area contributed by atoms with Gasteiger partial charge in [-0.05, 0) is 56.4 Å². The molecule has 30 heavy (non-hydrogen) atoms. The van der Waals surface area contributed by atoms with Gasteiger partial charge in [-0.2, -0.15) is 0 Å². The molecule has 0 fully saturated rings. The van der Waals surface area contributed by atoms with E-state index < -0.39 is 10.0 Å². The number of carbonyl (C=O) groups is 1. The molecular weight excluding hydrogens is 398 g/mol. The summed E-state index contributed by atoms with van der Waals surface area (Å²) >= 11 is 0. The molecule has 0 bridgehead atoms. The highest BCUT2D eigenvalue weighted by Gasteiger charge is 2.32. The summed E-state index contributed by atoms with van der Waals surface area (Å²) in [6.07, 6.45) is 0.727. The first-order valence-corrected chi connectivity index (χ1v) is 11.3. The Morgan fingerprint density at radius 3 is 2.37 bits per heavy atom. The number of aryl methyl sites for hydroxylation is 3. The van der Waals surface area contributed by atoms with Crippen LogP contribution in [0.2, 0.25) is 0 Å². The minimum absolute atomic E-state index is 0.136. The average Bonchev–Trinajstić information content (AvgIpc) is 2.92. The molecule has 158 valence electrons. The zero-order valence-electron chi connectivity index (χ0n) is 17.7. The molecule has 1 aliphatic rings. The Balaban J connectivity index is 1.66. The van der Waals surface area contributed by atoms with Crippen LogP contribution < -0.4 is 10.0 Å². The fourth-order valence-electron chi connectivity index (χ4n) is 3.28. The SMILES string of the molecule is CC1=C(c2ccc(C)c(C)c2)S(=O)(=O)NC1=NCC(=O)NCCc1ccc(C)cc1.